The summed E-state index contributed by atoms with van der Waals surface area (Å²) in [5.74, 6) is 3.85. The molecule has 0 N–H and O–H groups in total. The van der Waals surface area contributed by atoms with Gasteiger partial charge in [-0.3, -0.25) is 0 Å². The molecule has 1 aromatic carbocycles. The standard InChI is InChI=1S/C21H31NO/c1-15-11-20(23-2)5-6-21(15)18-7-9-22(10-8-18)19-13-16-3-4-17(12-16)14-19/h5-6,11,16-19H,3-4,7-10,12-14H2,1-2H3/t16-,17-/m0/s1. The number of hydrogen-bond donors (Lipinski definition) is 0. The van der Waals surface area contributed by atoms with Crippen LogP contribution in [-0.2, 0) is 0 Å². The van der Waals surface area contributed by atoms with Gasteiger partial charge in [-0.05, 0) is 93.1 Å². The van der Waals surface area contributed by atoms with Crippen molar-refractivity contribution in [3.8, 4) is 5.75 Å². The lowest BCUT2D eigenvalue weighted by molar-refractivity contribution is 0.0983. The van der Waals surface area contributed by atoms with Crippen LogP contribution in [0.1, 0.15) is 62.0 Å². The van der Waals surface area contributed by atoms with E-state index >= 15 is 0 Å². The van der Waals surface area contributed by atoms with E-state index < -0.39 is 0 Å². The number of piperidine rings is 1. The molecule has 2 nitrogen and oxygen atoms in total. The van der Waals surface area contributed by atoms with Gasteiger partial charge < -0.3 is 9.64 Å². The third-order valence-electron chi connectivity index (χ3n) is 6.82. The fourth-order valence-corrected chi connectivity index (χ4v) is 5.58. The highest BCUT2D eigenvalue weighted by Crippen LogP contribution is 2.44. The van der Waals surface area contributed by atoms with Gasteiger partial charge in [0.25, 0.3) is 0 Å². The zero-order valence-corrected chi connectivity index (χ0v) is 14.8. The maximum Gasteiger partial charge on any atom is 0.119 e. The molecule has 0 aromatic heterocycles. The average Bonchev–Trinajstić information content (AvgIpc) is 2.93. The molecule has 0 amide bonds. The molecule has 0 radical (unpaired) electrons. The second-order valence-electron chi connectivity index (χ2n) is 8.20. The monoisotopic (exact) mass is 313 g/mol. The topological polar surface area (TPSA) is 12.5 Å². The number of aryl methyl sites for hydroxylation is 1. The number of rotatable bonds is 3. The highest BCUT2D eigenvalue weighted by atomic mass is 16.5. The van der Waals surface area contributed by atoms with Gasteiger partial charge >= 0.3 is 0 Å². The summed E-state index contributed by atoms with van der Waals surface area (Å²) in [5.41, 5.74) is 2.95. The van der Waals surface area contributed by atoms with Gasteiger partial charge in [0.2, 0.25) is 0 Å². The van der Waals surface area contributed by atoms with Crippen LogP contribution in [0.3, 0.4) is 0 Å². The normalized spacial score (nSPS) is 32.2. The van der Waals surface area contributed by atoms with Gasteiger partial charge in [0.05, 0.1) is 7.11 Å². The lowest BCUT2D eigenvalue weighted by Crippen LogP contribution is -2.43. The highest BCUT2D eigenvalue weighted by Gasteiger charge is 2.37. The van der Waals surface area contributed by atoms with Gasteiger partial charge in [-0.15, -0.1) is 0 Å². The Kier molecular flexibility index (Phi) is 4.36. The van der Waals surface area contributed by atoms with Crippen molar-refractivity contribution in [3.63, 3.8) is 0 Å². The van der Waals surface area contributed by atoms with Crippen molar-refractivity contribution in [2.24, 2.45) is 11.8 Å². The Hall–Kier alpha value is -1.02. The summed E-state index contributed by atoms with van der Waals surface area (Å²) < 4.78 is 5.35. The largest absolute Gasteiger partial charge is 0.497 e. The van der Waals surface area contributed by atoms with E-state index in [1.165, 1.54) is 63.6 Å². The summed E-state index contributed by atoms with van der Waals surface area (Å²) >= 11 is 0. The second kappa shape index (κ2) is 6.47. The van der Waals surface area contributed by atoms with Crippen LogP contribution in [0.4, 0.5) is 0 Å². The molecule has 2 saturated carbocycles. The van der Waals surface area contributed by atoms with Crippen molar-refractivity contribution >= 4 is 0 Å². The fourth-order valence-electron chi connectivity index (χ4n) is 5.58. The predicted molar refractivity (Wildman–Crippen MR) is 95.1 cm³/mol. The minimum atomic E-state index is 0.748. The number of nitrogens with zero attached hydrogens (tertiary/aromatic N) is 1. The molecule has 4 rings (SSSR count). The highest BCUT2D eigenvalue weighted by molar-refractivity contribution is 5.37. The summed E-state index contributed by atoms with van der Waals surface area (Å²) in [6.45, 7) is 4.85. The molecule has 1 saturated heterocycles. The van der Waals surface area contributed by atoms with Crippen molar-refractivity contribution in [1.82, 2.24) is 4.90 Å². The van der Waals surface area contributed by atoms with E-state index in [0.29, 0.717) is 0 Å². The zero-order valence-electron chi connectivity index (χ0n) is 14.8. The summed E-state index contributed by atoms with van der Waals surface area (Å²) in [4.78, 5) is 2.83. The number of benzene rings is 1. The second-order valence-corrected chi connectivity index (χ2v) is 8.20. The van der Waals surface area contributed by atoms with Gasteiger partial charge in [0, 0.05) is 6.04 Å². The van der Waals surface area contributed by atoms with E-state index in [4.69, 9.17) is 4.74 Å². The zero-order chi connectivity index (χ0) is 15.8. The molecule has 0 unspecified atom stereocenters. The van der Waals surface area contributed by atoms with E-state index in [2.05, 4.69) is 30.0 Å². The SMILES string of the molecule is COc1ccc(C2CCN(C3C[C@H]4CC[C@H](C3)C4)CC2)c(C)c1. The molecule has 2 bridgehead atoms. The maximum absolute atomic E-state index is 5.35. The Morgan fingerprint density at radius 1 is 0.957 bits per heavy atom. The molecule has 3 fully saturated rings. The molecule has 3 aliphatic rings. The number of methoxy groups -OCH3 is 1. The van der Waals surface area contributed by atoms with E-state index in [1.807, 2.05) is 0 Å². The predicted octanol–water partition coefficient (Wildman–Crippen LogP) is 4.76. The van der Waals surface area contributed by atoms with Gasteiger partial charge in [-0.2, -0.15) is 0 Å². The Morgan fingerprint density at radius 2 is 1.65 bits per heavy atom. The van der Waals surface area contributed by atoms with Gasteiger partial charge in [0.1, 0.15) is 5.75 Å². The van der Waals surface area contributed by atoms with Crippen LogP contribution >= 0.6 is 0 Å². The van der Waals surface area contributed by atoms with Crippen molar-refractivity contribution in [3.05, 3.63) is 29.3 Å². The first-order valence-electron chi connectivity index (χ1n) is 9.61. The molecule has 1 aliphatic heterocycles. The minimum absolute atomic E-state index is 0.748. The molecule has 2 aliphatic carbocycles. The van der Waals surface area contributed by atoms with E-state index in [1.54, 1.807) is 12.7 Å². The molecular formula is C21H31NO. The van der Waals surface area contributed by atoms with Crippen LogP contribution in [0.5, 0.6) is 5.75 Å². The van der Waals surface area contributed by atoms with Gasteiger partial charge in [0.15, 0.2) is 0 Å². The Morgan fingerprint density at radius 3 is 2.26 bits per heavy atom. The van der Waals surface area contributed by atoms with Crippen LogP contribution in [-0.4, -0.2) is 31.1 Å². The minimum Gasteiger partial charge on any atom is -0.497 e. The van der Waals surface area contributed by atoms with Gasteiger partial charge in [-0.1, -0.05) is 18.9 Å². The average molecular weight is 313 g/mol. The quantitative estimate of drug-likeness (QED) is 0.797. The summed E-state index contributed by atoms with van der Waals surface area (Å²) in [6.07, 6.45) is 10.2. The Labute approximate surface area is 141 Å². The lowest BCUT2D eigenvalue weighted by Gasteiger charge is -2.41. The molecule has 1 aromatic rings. The summed E-state index contributed by atoms with van der Waals surface area (Å²) in [7, 11) is 1.75. The van der Waals surface area contributed by atoms with Gasteiger partial charge in [-0.25, -0.2) is 0 Å². The van der Waals surface area contributed by atoms with Crippen molar-refractivity contribution in [2.45, 2.75) is 63.8 Å². The van der Waals surface area contributed by atoms with Crippen LogP contribution in [0.2, 0.25) is 0 Å². The molecule has 126 valence electrons. The number of ether oxygens (including phenoxy) is 1. The first kappa shape index (κ1) is 15.5. The smallest absolute Gasteiger partial charge is 0.119 e. The number of fused-ring (bicyclic) bond motifs is 2. The third-order valence-corrected chi connectivity index (χ3v) is 6.82. The maximum atomic E-state index is 5.35. The molecule has 2 heteroatoms. The fraction of sp³-hybridized carbons (Fsp3) is 0.714. The first-order chi connectivity index (χ1) is 11.2. The summed E-state index contributed by atoms with van der Waals surface area (Å²) in [5, 5.41) is 0. The Bertz CT molecular complexity index is 535. The van der Waals surface area contributed by atoms with Crippen LogP contribution in [0.15, 0.2) is 18.2 Å². The van der Waals surface area contributed by atoms with E-state index in [0.717, 1.165) is 29.5 Å². The molecule has 1 heterocycles. The van der Waals surface area contributed by atoms with Crippen molar-refractivity contribution in [2.75, 3.05) is 20.2 Å². The van der Waals surface area contributed by atoms with E-state index in [9.17, 15) is 0 Å². The molecule has 0 spiro atoms. The van der Waals surface area contributed by atoms with E-state index in [-0.39, 0.29) is 0 Å². The molecule has 23 heavy (non-hydrogen) atoms. The number of hydrogen-bond acceptors (Lipinski definition) is 2. The Balaban J connectivity index is 1.37. The van der Waals surface area contributed by atoms with Crippen LogP contribution in [0.25, 0.3) is 0 Å². The first-order valence-corrected chi connectivity index (χ1v) is 9.61. The molecular weight excluding hydrogens is 282 g/mol. The van der Waals surface area contributed by atoms with Crippen molar-refractivity contribution < 1.29 is 4.74 Å². The third kappa shape index (κ3) is 3.15. The number of likely N-dealkylation sites (tertiary alicyclic amines) is 1. The van der Waals surface area contributed by atoms with Crippen LogP contribution in [0, 0.1) is 18.8 Å². The summed E-state index contributed by atoms with van der Waals surface area (Å²) in [6, 6.07) is 7.53. The molecule has 2 atom stereocenters. The van der Waals surface area contributed by atoms with Crippen LogP contribution < -0.4 is 4.74 Å². The van der Waals surface area contributed by atoms with Crippen molar-refractivity contribution in [1.29, 1.82) is 0 Å². The lowest BCUT2D eigenvalue weighted by atomic mass is 9.82.